The lowest BCUT2D eigenvalue weighted by atomic mass is 9.73. The molecular weight excluding hydrogens is 244 g/mol. The van der Waals surface area contributed by atoms with Gasteiger partial charge in [-0.25, -0.2) is 0 Å². The lowest BCUT2D eigenvalue weighted by Crippen LogP contribution is -2.55. The number of benzene rings is 1. The minimum Gasteiger partial charge on any atom is -0.367 e. The van der Waals surface area contributed by atoms with Crippen molar-refractivity contribution < 1.29 is 0 Å². The second-order valence-electron chi connectivity index (χ2n) is 6.65. The quantitative estimate of drug-likeness (QED) is 0.898. The first kappa shape index (κ1) is 15.4. The summed E-state index contributed by atoms with van der Waals surface area (Å²) in [7, 11) is 2.24. The van der Waals surface area contributed by atoms with E-state index in [4.69, 9.17) is 5.73 Å². The molecule has 2 unspecified atom stereocenters. The number of nitrogens with two attached hydrogens (primary N) is 1. The van der Waals surface area contributed by atoms with Gasteiger partial charge in [0.25, 0.3) is 0 Å². The maximum Gasteiger partial charge on any atom is 0.0523 e. The van der Waals surface area contributed by atoms with Crippen LogP contribution in [0.15, 0.2) is 18.2 Å². The number of hydrogen-bond acceptors (Lipinski definition) is 2. The molecule has 112 valence electrons. The fraction of sp³-hybridized carbons (Fsp3) is 0.667. The number of nitrogens with zero attached hydrogens (tertiary/aromatic N) is 1. The molecule has 2 heteroatoms. The largest absolute Gasteiger partial charge is 0.367 e. The van der Waals surface area contributed by atoms with Gasteiger partial charge < -0.3 is 10.6 Å². The molecule has 1 fully saturated rings. The van der Waals surface area contributed by atoms with E-state index in [1.54, 1.807) is 0 Å². The Bertz CT molecular complexity index is 455. The molecular formula is C18H30N2. The van der Waals surface area contributed by atoms with Crippen molar-refractivity contribution in [2.45, 2.75) is 58.4 Å². The number of aryl methyl sites for hydroxylation is 2. The molecule has 2 nitrogen and oxygen atoms in total. The molecule has 2 atom stereocenters. The van der Waals surface area contributed by atoms with Gasteiger partial charge in [0, 0.05) is 19.3 Å². The standard InChI is InChI=1S/C18H30N2/c1-5-16-7-6-10-18(12-16,13-19)20(4)17-9-8-14(2)11-15(17)3/h8-9,11,16H,5-7,10,12-13,19H2,1-4H3. The summed E-state index contributed by atoms with van der Waals surface area (Å²) in [6.07, 6.45) is 6.43. The van der Waals surface area contributed by atoms with Gasteiger partial charge in [0.05, 0.1) is 5.54 Å². The summed E-state index contributed by atoms with van der Waals surface area (Å²) >= 11 is 0. The van der Waals surface area contributed by atoms with Crippen molar-refractivity contribution in [2.24, 2.45) is 11.7 Å². The van der Waals surface area contributed by atoms with E-state index in [-0.39, 0.29) is 5.54 Å². The Labute approximate surface area is 124 Å². The topological polar surface area (TPSA) is 29.3 Å². The maximum atomic E-state index is 6.23. The first-order valence-electron chi connectivity index (χ1n) is 8.03. The average molecular weight is 274 g/mol. The third-order valence-electron chi connectivity index (χ3n) is 5.31. The van der Waals surface area contributed by atoms with Gasteiger partial charge in [-0.05, 0) is 44.2 Å². The van der Waals surface area contributed by atoms with Gasteiger partial charge in [-0.2, -0.15) is 0 Å². The SMILES string of the molecule is CCC1CCCC(CN)(N(C)c2ccc(C)cc2C)C1. The summed E-state index contributed by atoms with van der Waals surface area (Å²) in [5, 5.41) is 0. The molecule has 2 N–H and O–H groups in total. The molecule has 2 rings (SSSR count). The summed E-state index contributed by atoms with van der Waals surface area (Å²) in [5.74, 6) is 0.834. The molecule has 0 saturated heterocycles. The Morgan fingerprint density at radius 2 is 2.10 bits per heavy atom. The zero-order chi connectivity index (χ0) is 14.8. The van der Waals surface area contributed by atoms with Crippen LogP contribution < -0.4 is 10.6 Å². The van der Waals surface area contributed by atoms with Gasteiger partial charge >= 0.3 is 0 Å². The Morgan fingerprint density at radius 1 is 1.35 bits per heavy atom. The van der Waals surface area contributed by atoms with E-state index in [2.05, 4.69) is 50.9 Å². The van der Waals surface area contributed by atoms with Crippen molar-refractivity contribution in [3.8, 4) is 0 Å². The number of likely N-dealkylation sites (N-methyl/N-ethyl adjacent to an activating group) is 1. The van der Waals surface area contributed by atoms with Gasteiger partial charge in [0.15, 0.2) is 0 Å². The number of hydrogen-bond donors (Lipinski definition) is 1. The van der Waals surface area contributed by atoms with E-state index in [1.165, 1.54) is 48.9 Å². The van der Waals surface area contributed by atoms with E-state index in [0.29, 0.717) is 0 Å². The summed E-state index contributed by atoms with van der Waals surface area (Å²) < 4.78 is 0. The Hall–Kier alpha value is -1.02. The highest BCUT2D eigenvalue weighted by Crippen LogP contribution is 2.40. The molecule has 0 radical (unpaired) electrons. The van der Waals surface area contributed by atoms with Crippen LogP contribution in [0.1, 0.15) is 50.2 Å². The average Bonchev–Trinajstić information content (AvgIpc) is 2.46. The smallest absolute Gasteiger partial charge is 0.0523 e. The minimum atomic E-state index is 0.152. The maximum absolute atomic E-state index is 6.23. The van der Waals surface area contributed by atoms with Crippen LogP contribution in [-0.4, -0.2) is 19.1 Å². The summed E-state index contributed by atoms with van der Waals surface area (Å²) in [6, 6.07) is 6.75. The van der Waals surface area contributed by atoms with Crippen molar-refractivity contribution in [3.05, 3.63) is 29.3 Å². The van der Waals surface area contributed by atoms with Crippen LogP contribution >= 0.6 is 0 Å². The van der Waals surface area contributed by atoms with Crippen LogP contribution in [0.2, 0.25) is 0 Å². The Balaban J connectivity index is 2.30. The first-order valence-corrected chi connectivity index (χ1v) is 8.03. The molecule has 1 aliphatic carbocycles. The molecule has 0 amide bonds. The molecule has 1 saturated carbocycles. The lowest BCUT2D eigenvalue weighted by molar-refractivity contribution is 0.218. The van der Waals surface area contributed by atoms with Crippen LogP contribution in [0.3, 0.4) is 0 Å². The van der Waals surface area contributed by atoms with Gasteiger partial charge in [-0.1, -0.05) is 43.9 Å². The third-order valence-corrected chi connectivity index (χ3v) is 5.31. The molecule has 0 spiro atoms. The number of anilines is 1. The highest BCUT2D eigenvalue weighted by molar-refractivity contribution is 5.56. The second kappa shape index (κ2) is 6.17. The van der Waals surface area contributed by atoms with Gasteiger partial charge in [0.1, 0.15) is 0 Å². The van der Waals surface area contributed by atoms with Crippen LogP contribution in [0, 0.1) is 19.8 Å². The predicted octanol–water partition coefficient (Wildman–Crippen LogP) is 4.04. The van der Waals surface area contributed by atoms with E-state index >= 15 is 0 Å². The molecule has 20 heavy (non-hydrogen) atoms. The van der Waals surface area contributed by atoms with Crippen molar-refractivity contribution in [2.75, 3.05) is 18.5 Å². The molecule has 0 aliphatic heterocycles. The van der Waals surface area contributed by atoms with Crippen LogP contribution in [-0.2, 0) is 0 Å². The van der Waals surface area contributed by atoms with Crippen LogP contribution in [0.25, 0.3) is 0 Å². The molecule has 1 aliphatic rings. The first-order chi connectivity index (χ1) is 9.52. The Kier molecular flexibility index (Phi) is 4.74. The highest BCUT2D eigenvalue weighted by Gasteiger charge is 2.38. The van der Waals surface area contributed by atoms with Crippen molar-refractivity contribution >= 4 is 5.69 Å². The van der Waals surface area contributed by atoms with Crippen molar-refractivity contribution in [1.29, 1.82) is 0 Å². The zero-order valence-corrected chi connectivity index (χ0v) is 13.6. The van der Waals surface area contributed by atoms with Gasteiger partial charge in [0.2, 0.25) is 0 Å². The molecule has 1 aromatic rings. The second-order valence-corrected chi connectivity index (χ2v) is 6.65. The summed E-state index contributed by atoms with van der Waals surface area (Å²) in [4.78, 5) is 2.48. The Morgan fingerprint density at radius 3 is 2.70 bits per heavy atom. The molecule has 0 aromatic heterocycles. The van der Waals surface area contributed by atoms with E-state index in [0.717, 1.165) is 12.5 Å². The van der Waals surface area contributed by atoms with Gasteiger partial charge in [-0.3, -0.25) is 0 Å². The summed E-state index contributed by atoms with van der Waals surface area (Å²) in [5.41, 5.74) is 10.4. The van der Waals surface area contributed by atoms with Gasteiger partial charge in [-0.15, -0.1) is 0 Å². The van der Waals surface area contributed by atoms with Crippen molar-refractivity contribution in [1.82, 2.24) is 0 Å². The minimum absolute atomic E-state index is 0.152. The zero-order valence-electron chi connectivity index (χ0n) is 13.6. The van der Waals surface area contributed by atoms with Crippen LogP contribution in [0.5, 0.6) is 0 Å². The molecule has 0 heterocycles. The van der Waals surface area contributed by atoms with E-state index < -0.39 is 0 Å². The predicted molar refractivity (Wildman–Crippen MR) is 88.4 cm³/mol. The van der Waals surface area contributed by atoms with Crippen LogP contribution in [0.4, 0.5) is 5.69 Å². The fourth-order valence-corrected chi connectivity index (χ4v) is 3.87. The highest BCUT2D eigenvalue weighted by atomic mass is 15.2. The lowest BCUT2D eigenvalue weighted by Gasteiger charge is -2.48. The molecule has 1 aromatic carbocycles. The normalized spacial score (nSPS) is 26.6. The van der Waals surface area contributed by atoms with E-state index in [1.807, 2.05) is 0 Å². The van der Waals surface area contributed by atoms with Crippen molar-refractivity contribution in [3.63, 3.8) is 0 Å². The third kappa shape index (κ3) is 2.85. The monoisotopic (exact) mass is 274 g/mol. The number of rotatable bonds is 4. The fourth-order valence-electron chi connectivity index (χ4n) is 3.87. The molecule has 0 bridgehead atoms. The van der Waals surface area contributed by atoms with E-state index in [9.17, 15) is 0 Å². The summed E-state index contributed by atoms with van der Waals surface area (Å²) in [6.45, 7) is 7.44.